The maximum absolute atomic E-state index is 13.6. The van der Waals surface area contributed by atoms with Gasteiger partial charge < -0.3 is 9.64 Å². The lowest BCUT2D eigenvalue weighted by molar-refractivity contribution is -0.149. The Labute approximate surface area is 235 Å². The van der Waals surface area contributed by atoms with Crippen molar-refractivity contribution in [2.75, 3.05) is 29.4 Å². The van der Waals surface area contributed by atoms with Gasteiger partial charge in [0.2, 0.25) is 5.88 Å². The second-order valence-corrected chi connectivity index (χ2v) is 10.4. The van der Waals surface area contributed by atoms with Crippen LogP contribution in [-0.2, 0) is 15.8 Å². The van der Waals surface area contributed by atoms with E-state index in [1.165, 1.54) is 34.2 Å². The first-order valence-corrected chi connectivity index (χ1v) is 13.0. The van der Waals surface area contributed by atoms with Gasteiger partial charge in [-0.25, -0.2) is 9.97 Å². The SMILES string of the molecule is N#Cc1ncc(N2C(=O)C3(CCC3=O)N(c3ccc(OC4CCN(CC(F)(F)F)CC4)nc3)C2S)cc1C(F)(F)F. The molecule has 1 aliphatic carbocycles. The molecule has 0 N–H and O–H groups in total. The Morgan fingerprint density at radius 2 is 1.76 bits per heavy atom. The van der Waals surface area contributed by atoms with Crippen molar-refractivity contribution < 1.29 is 40.7 Å². The van der Waals surface area contributed by atoms with E-state index < -0.39 is 52.9 Å². The first-order valence-electron chi connectivity index (χ1n) is 12.5. The molecular weight excluding hydrogens is 578 g/mol. The molecule has 2 unspecified atom stereocenters. The number of thiol groups is 1. The second-order valence-electron chi connectivity index (χ2n) is 9.94. The van der Waals surface area contributed by atoms with Crippen molar-refractivity contribution in [3.63, 3.8) is 0 Å². The Morgan fingerprint density at radius 1 is 1.07 bits per heavy atom. The number of nitriles is 1. The van der Waals surface area contributed by atoms with E-state index in [1.807, 2.05) is 0 Å². The zero-order valence-corrected chi connectivity index (χ0v) is 22.0. The molecule has 16 heteroatoms. The summed E-state index contributed by atoms with van der Waals surface area (Å²) in [7, 11) is 0. The molecule has 1 spiro atoms. The summed E-state index contributed by atoms with van der Waals surface area (Å²) >= 11 is 4.49. The van der Waals surface area contributed by atoms with Crippen LogP contribution in [0.4, 0.5) is 37.7 Å². The third kappa shape index (κ3) is 5.28. The Bertz CT molecular complexity index is 1390. The number of Topliss-reactive ketones (excluding diaryl/α,β-unsaturated/α-hetero) is 1. The van der Waals surface area contributed by atoms with Crippen molar-refractivity contribution in [3.05, 3.63) is 41.9 Å². The molecule has 1 saturated carbocycles. The molecule has 2 saturated heterocycles. The van der Waals surface area contributed by atoms with Gasteiger partial charge in [-0.1, -0.05) is 0 Å². The van der Waals surface area contributed by atoms with Crippen LogP contribution in [0.15, 0.2) is 30.6 Å². The number of hydrogen-bond acceptors (Lipinski definition) is 9. The molecule has 2 aromatic heterocycles. The zero-order chi connectivity index (χ0) is 29.7. The monoisotopic (exact) mass is 600 g/mol. The minimum Gasteiger partial charge on any atom is -0.474 e. The van der Waals surface area contributed by atoms with Crippen molar-refractivity contribution in [1.29, 1.82) is 5.26 Å². The van der Waals surface area contributed by atoms with Crippen LogP contribution < -0.4 is 14.5 Å². The van der Waals surface area contributed by atoms with Crippen molar-refractivity contribution in [2.45, 2.75) is 55.2 Å². The van der Waals surface area contributed by atoms with Gasteiger partial charge in [0.05, 0.1) is 35.9 Å². The summed E-state index contributed by atoms with van der Waals surface area (Å²) in [5, 5.41) is 9.05. The lowest BCUT2D eigenvalue weighted by Crippen LogP contribution is -2.63. The summed E-state index contributed by atoms with van der Waals surface area (Å²) < 4.78 is 84.4. The fourth-order valence-corrected chi connectivity index (χ4v) is 5.92. The van der Waals surface area contributed by atoms with Gasteiger partial charge in [-0.15, -0.1) is 12.6 Å². The van der Waals surface area contributed by atoms with Crippen LogP contribution in [0.3, 0.4) is 0 Å². The molecule has 2 atom stereocenters. The molecule has 0 bridgehead atoms. The number of alkyl halides is 6. The summed E-state index contributed by atoms with van der Waals surface area (Å²) in [4.78, 5) is 37.9. The number of carbonyl (C=O) groups excluding carboxylic acids is 2. The molecule has 1 amide bonds. The number of piperidine rings is 1. The summed E-state index contributed by atoms with van der Waals surface area (Å²) in [6, 6.07) is 5.01. The molecule has 9 nitrogen and oxygen atoms in total. The Kier molecular flexibility index (Phi) is 7.31. The minimum atomic E-state index is -4.92. The van der Waals surface area contributed by atoms with Gasteiger partial charge in [0, 0.05) is 25.6 Å². The average molecular weight is 601 g/mol. The molecule has 2 aliphatic heterocycles. The van der Waals surface area contributed by atoms with Crippen LogP contribution in [0.5, 0.6) is 5.88 Å². The van der Waals surface area contributed by atoms with Crippen LogP contribution in [0.2, 0.25) is 0 Å². The number of nitrogens with zero attached hydrogens (tertiary/aromatic N) is 6. The van der Waals surface area contributed by atoms with Crippen LogP contribution in [0, 0.1) is 11.3 Å². The number of aromatic nitrogens is 2. The first kappa shape index (κ1) is 28.9. The number of likely N-dealkylation sites (tertiary alicyclic amines) is 1. The quantitative estimate of drug-likeness (QED) is 0.313. The first-order chi connectivity index (χ1) is 19.2. The smallest absolute Gasteiger partial charge is 0.419 e. The molecular formula is C25H22F6N6O3S. The molecule has 3 aliphatic rings. The summed E-state index contributed by atoms with van der Waals surface area (Å²) in [5.74, 6) is -1.03. The van der Waals surface area contributed by atoms with Crippen molar-refractivity contribution in [2.24, 2.45) is 0 Å². The second kappa shape index (κ2) is 10.4. The van der Waals surface area contributed by atoms with E-state index in [2.05, 4.69) is 22.6 Å². The van der Waals surface area contributed by atoms with E-state index in [4.69, 9.17) is 10.00 Å². The van der Waals surface area contributed by atoms with Gasteiger partial charge in [0.15, 0.2) is 22.5 Å². The molecule has 41 heavy (non-hydrogen) atoms. The Hall–Kier alpha value is -3.58. The number of ether oxygens (including phenoxy) is 1. The predicted molar refractivity (Wildman–Crippen MR) is 134 cm³/mol. The molecule has 2 aromatic rings. The number of rotatable bonds is 5. The minimum absolute atomic E-state index is 0.0810. The maximum Gasteiger partial charge on any atom is 0.419 e. The number of halogens is 6. The molecule has 4 heterocycles. The number of anilines is 2. The van der Waals surface area contributed by atoms with Crippen LogP contribution in [0.1, 0.15) is 36.9 Å². The third-order valence-electron chi connectivity index (χ3n) is 7.41. The van der Waals surface area contributed by atoms with Gasteiger partial charge in [-0.2, -0.15) is 31.6 Å². The predicted octanol–water partition coefficient (Wildman–Crippen LogP) is 3.94. The highest BCUT2D eigenvalue weighted by Gasteiger charge is 2.66. The zero-order valence-electron chi connectivity index (χ0n) is 21.1. The van der Waals surface area contributed by atoms with E-state index in [0.29, 0.717) is 18.9 Å². The van der Waals surface area contributed by atoms with Crippen molar-refractivity contribution in [3.8, 4) is 11.9 Å². The van der Waals surface area contributed by atoms with E-state index >= 15 is 0 Å². The number of amides is 1. The largest absolute Gasteiger partial charge is 0.474 e. The topological polar surface area (TPSA) is 103 Å². The number of pyridine rings is 2. The number of hydrogen-bond donors (Lipinski definition) is 1. The number of carbonyl (C=O) groups is 2. The van der Waals surface area contributed by atoms with Crippen molar-refractivity contribution >= 4 is 35.7 Å². The normalized spacial score (nSPS) is 24.1. The molecule has 5 rings (SSSR count). The lowest BCUT2D eigenvalue weighted by Gasteiger charge is -2.42. The lowest BCUT2D eigenvalue weighted by atomic mass is 9.74. The Balaban J connectivity index is 1.37. The van der Waals surface area contributed by atoms with Crippen LogP contribution in [-0.4, -0.2) is 69.5 Å². The molecule has 0 aromatic carbocycles. The summed E-state index contributed by atoms with van der Waals surface area (Å²) in [5.41, 5.74) is -5.11. The van der Waals surface area contributed by atoms with Gasteiger partial charge in [0.1, 0.15) is 12.2 Å². The van der Waals surface area contributed by atoms with Crippen molar-refractivity contribution in [1.82, 2.24) is 14.9 Å². The molecule has 0 radical (unpaired) electrons. The Morgan fingerprint density at radius 3 is 2.27 bits per heavy atom. The van der Waals surface area contributed by atoms with E-state index in [9.17, 15) is 35.9 Å². The maximum atomic E-state index is 13.6. The van der Waals surface area contributed by atoms with Crippen LogP contribution in [0.25, 0.3) is 0 Å². The molecule has 3 fully saturated rings. The van der Waals surface area contributed by atoms with Gasteiger partial charge in [-0.3, -0.25) is 19.4 Å². The van der Waals surface area contributed by atoms with Gasteiger partial charge in [0.25, 0.3) is 5.91 Å². The third-order valence-corrected chi connectivity index (χ3v) is 7.87. The highest BCUT2D eigenvalue weighted by molar-refractivity contribution is 7.81. The van der Waals surface area contributed by atoms with Gasteiger partial charge >= 0.3 is 12.4 Å². The summed E-state index contributed by atoms with van der Waals surface area (Å²) in [6.07, 6.45) is -6.36. The van der Waals surface area contributed by atoms with E-state index in [1.54, 1.807) is 0 Å². The highest BCUT2D eigenvalue weighted by atomic mass is 32.1. The fraction of sp³-hybridized carbons (Fsp3) is 0.480. The summed E-state index contributed by atoms with van der Waals surface area (Å²) in [6.45, 7) is -0.569. The fourth-order valence-electron chi connectivity index (χ4n) is 5.35. The van der Waals surface area contributed by atoms with Crippen LogP contribution >= 0.6 is 12.6 Å². The van der Waals surface area contributed by atoms with E-state index in [-0.39, 0.29) is 49.3 Å². The van der Waals surface area contributed by atoms with Gasteiger partial charge in [-0.05, 0) is 31.4 Å². The molecule has 218 valence electrons. The van der Waals surface area contributed by atoms with E-state index in [0.717, 1.165) is 11.1 Å². The number of ketones is 1. The standard InChI is InChI=1S/C25H22F6N6O3S/c26-24(27,28)13-35-7-4-16(5-8-35)40-20-2-1-14(11-34-20)37-22(41)36(21(39)23(37)6-3-19(23)38)15-9-17(25(29,30)31)18(10-32)33-12-15/h1-2,9,11-12,16,22,41H,3-8,13H2. The average Bonchev–Trinajstić information content (AvgIpc) is 3.15. The highest BCUT2D eigenvalue weighted by Crippen LogP contribution is 2.48.